The Morgan fingerprint density at radius 2 is 2.00 bits per heavy atom. The van der Waals surface area contributed by atoms with E-state index < -0.39 is 0 Å². The molecule has 0 radical (unpaired) electrons. The SMILES string of the molecule is CCOc1cccc2sc(=NC(=O)c3ccc(C)c(C)c3)n(CCOC)c12. The second kappa shape index (κ2) is 8.50. The van der Waals surface area contributed by atoms with Gasteiger partial charge in [0.1, 0.15) is 11.3 Å². The zero-order valence-corrected chi connectivity index (χ0v) is 16.9. The summed E-state index contributed by atoms with van der Waals surface area (Å²) in [4.78, 5) is 17.8. The minimum Gasteiger partial charge on any atom is -0.492 e. The molecule has 0 aliphatic rings. The summed E-state index contributed by atoms with van der Waals surface area (Å²) >= 11 is 1.48. The summed E-state index contributed by atoms with van der Waals surface area (Å²) in [6, 6.07) is 11.6. The molecule has 5 nitrogen and oxygen atoms in total. The van der Waals surface area contributed by atoms with E-state index in [1.54, 1.807) is 7.11 Å². The van der Waals surface area contributed by atoms with Gasteiger partial charge in [-0.2, -0.15) is 4.99 Å². The Hall–Kier alpha value is -2.44. The van der Waals surface area contributed by atoms with Crippen LogP contribution >= 0.6 is 11.3 Å². The van der Waals surface area contributed by atoms with Crippen molar-refractivity contribution in [3.05, 3.63) is 57.9 Å². The van der Waals surface area contributed by atoms with Crippen molar-refractivity contribution in [2.45, 2.75) is 27.3 Å². The third-order valence-electron chi connectivity index (χ3n) is 4.43. The second-order valence-corrected chi connectivity index (χ2v) is 7.29. The molecule has 142 valence electrons. The molecular weight excluding hydrogens is 360 g/mol. The van der Waals surface area contributed by atoms with Gasteiger partial charge in [-0.3, -0.25) is 4.79 Å². The van der Waals surface area contributed by atoms with Crippen LogP contribution in [0.4, 0.5) is 0 Å². The molecule has 0 fully saturated rings. The number of thiazole rings is 1. The predicted octanol–water partition coefficient (Wildman–Crippen LogP) is 4.11. The highest BCUT2D eigenvalue weighted by molar-refractivity contribution is 7.16. The molecule has 0 bridgehead atoms. The number of para-hydroxylation sites is 1. The maximum Gasteiger partial charge on any atom is 0.279 e. The van der Waals surface area contributed by atoms with Crippen LogP contribution in [0.3, 0.4) is 0 Å². The average Bonchev–Trinajstić information content (AvgIpc) is 3.00. The van der Waals surface area contributed by atoms with Gasteiger partial charge in [-0.15, -0.1) is 0 Å². The lowest BCUT2D eigenvalue weighted by atomic mass is 10.1. The molecule has 0 aliphatic heterocycles. The number of aryl methyl sites for hydroxylation is 2. The summed E-state index contributed by atoms with van der Waals surface area (Å²) in [5.41, 5.74) is 3.79. The molecule has 0 aliphatic carbocycles. The van der Waals surface area contributed by atoms with Gasteiger partial charge in [0.2, 0.25) is 0 Å². The van der Waals surface area contributed by atoms with Crippen molar-refractivity contribution in [2.75, 3.05) is 20.3 Å². The van der Waals surface area contributed by atoms with Gasteiger partial charge >= 0.3 is 0 Å². The summed E-state index contributed by atoms with van der Waals surface area (Å²) in [7, 11) is 1.66. The van der Waals surface area contributed by atoms with E-state index >= 15 is 0 Å². The first-order valence-corrected chi connectivity index (χ1v) is 9.77. The van der Waals surface area contributed by atoms with Gasteiger partial charge in [0.15, 0.2) is 4.80 Å². The van der Waals surface area contributed by atoms with Crippen molar-refractivity contribution in [1.29, 1.82) is 0 Å². The highest BCUT2D eigenvalue weighted by Gasteiger charge is 2.13. The fourth-order valence-corrected chi connectivity index (χ4v) is 3.94. The number of fused-ring (bicyclic) bond motifs is 1. The Morgan fingerprint density at radius 3 is 2.70 bits per heavy atom. The first-order chi connectivity index (χ1) is 13.0. The number of benzene rings is 2. The van der Waals surface area contributed by atoms with Crippen molar-refractivity contribution >= 4 is 27.5 Å². The second-order valence-electron chi connectivity index (χ2n) is 6.28. The van der Waals surface area contributed by atoms with E-state index in [9.17, 15) is 4.79 Å². The number of hydrogen-bond acceptors (Lipinski definition) is 4. The number of carbonyl (C=O) groups is 1. The Labute approximate surface area is 162 Å². The van der Waals surface area contributed by atoms with E-state index in [0.717, 1.165) is 27.1 Å². The van der Waals surface area contributed by atoms with E-state index in [4.69, 9.17) is 9.47 Å². The van der Waals surface area contributed by atoms with Crippen LogP contribution in [-0.2, 0) is 11.3 Å². The summed E-state index contributed by atoms with van der Waals surface area (Å²) in [5.74, 6) is 0.552. The molecule has 27 heavy (non-hydrogen) atoms. The minimum atomic E-state index is -0.242. The Balaban J connectivity index is 2.14. The van der Waals surface area contributed by atoms with Crippen molar-refractivity contribution in [3.63, 3.8) is 0 Å². The van der Waals surface area contributed by atoms with Gasteiger partial charge in [0.25, 0.3) is 5.91 Å². The molecule has 1 heterocycles. The van der Waals surface area contributed by atoms with Crippen molar-refractivity contribution in [2.24, 2.45) is 4.99 Å². The third kappa shape index (κ3) is 4.12. The lowest BCUT2D eigenvalue weighted by molar-refractivity contribution is 0.0997. The van der Waals surface area contributed by atoms with Crippen LogP contribution in [0.15, 0.2) is 41.4 Å². The number of ether oxygens (including phenoxy) is 2. The lowest BCUT2D eigenvalue weighted by Crippen LogP contribution is -2.19. The molecule has 2 aromatic carbocycles. The molecule has 0 N–H and O–H groups in total. The fourth-order valence-electron chi connectivity index (χ4n) is 2.87. The van der Waals surface area contributed by atoms with E-state index in [1.165, 1.54) is 11.3 Å². The number of rotatable bonds is 6. The Morgan fingerprint density at radius 1 is 1.19 bits per heavy atom. The number of aromatic nitrogens is 1. The van der Waals surface area contributed by atoms with Gasteiger partial charge < -0.3 is 14.0 Å². The maximum atomic E-state index is 12.8. The van der Waals surface area contributed by atoms with Crippen molar-refractivity contribution in [1.82, 2.24) is 4.57 Å². The lowest BCUT2D eigenvalue weighted by Gasteiger charge is -2.09. The highest BCUT2D eigenvalue weighted by atomic mass is 32.1. The van der Waals surface area contributed by atoms with Gasteiger partial charge in [-0.25, -0.2) is 0 Å². The zero-order valence-electron chi connectivity index (χ0n) is 16.1. The van der Waals surface area contributed by atoms with Crippen LogP contribution in [0.5, 0.6) is 5.75 Å². The summed E-state index contributed by atoms with van der Waals surface area (Å²) in [6.45, 7) is 7.68. The van der Waals surface area contributed by atoms with Gasteiger partial charge in [-0.05, 0) is 56.2 Å². The number of hydrogen-bond donors (Lipinski definition) is 0. The monoisotopic (exact) mass is 384 g/mol. The molecule has 0 saturated carbocycles. The fraction of sp³-hybridized carbons (Fsp3) is 0.333. The average molecular weight is 385 g/mol. The Kier molecular flexibility index (Phi) is 6.08. The molecule has 6 heteroatoms. The van der Waals surface area contributed by atoms with Gasteiger partial charge in [-0.1, -0.05) is 23.5 Å². The molecule has 0 unspecified atom stereocenters. The summed E-state index contributed by atoms with van der Waals surface area (Å²) in [6.07, 6.45) is 0. The quantitative estimate of drug-likeness (QED) is 0.643. The van der Waals surface area contributed by atoms with Crippen LogP contribution in [0, 0.1) is 13.8 Å². The standard InChI is InChI=1S/C21H24N2O3S/c1-5-26-17-7-6-8-18-19(17)23(11-12-25-4)21(27-18)22-20(24)16-10-9-14(2)15(3)13-16/h6-10,13H,5,11-12H2,1-4H3. The molecule has 0 atom stereocenters. The third-order valence-corrected chi connectivity index (χ3v) is 5.48. The smallest absolute Gasteiger partial charge is 0.279 e. The number of nitrogens with zero attached hydrogens (tertiary/aromatic N) is 2. The highest BCUT2D eigenvalue weighted by Crippen LogP contribution is 2.27. The van der Waals surface area contributed by atoms with Crippen molar-refractivity contribution < 1.29 is 14.3 Å². The largest absolute Gasteiger partial charge is 0.492 e. The predicted molar refractivity (Wildman–Crippen MR) is 109 cm³/mol. The van der Waals surface area contributed by atoms with E-state index in [0.29, 0.717) is 30.1 Å². The van der Waals surface area contributed by atoms with E-state index in [-0.39, 0.29) is 5.91 Å². The van der Waals surface area contributed by atoms with E-state index in [2.05, 4.69) is 4.99 Å². The van der Waals surface area contributed by atoms with Gasteiger partial charge in [0.05, 0.1) is 17.9 Å². The normalized spacial score (nSPS) is 11.9. The van der Waals surface area contributed by atoms with Crippen molar-refractivity contribution in [3.8, 4) is 5.75 Å². The number of carbonyl (C=O) groups excluding carboxylic acids is 1. The zero-order chi connectivity index (χ0) is 19.4. The van der Waals surface area contributed by atoms with Crippen LogP contribution < -0.4 is 9.54 Å². The molecule has 0 saturated heterocycles. The van der Waals surface area contributed by atoms with Crippen LogP contribution in [0.1, 0.15) is 28.4 Å². The molecule has 3 rings (SSSR count). The number of amides is 1. The van der Waals surface area contributed by atoms with E-state index in [1.807, 2.05) is 61.7 Å². The molecule has 1 aromatic heterocycles. The minimum absolute atomic E-state index is 0.242. The number of methoxy groups -OCH3 is 1. The topological polar surface area (TPSA) is 52.8 Å². The molecule has 1 amide bonds. The van der Waals surface area contributed by atoms with Crippen LogP contribution in [0.25, 0.3) is 10.2 Å². The van der Waals surface area contributed by atoms with Crippen LogP contribution in [-0.4, -0.2) is 30.8 Å². The van der Waals surface area contributed by atoms with Crippen LogP contribution in [0.2, 0.25) is 0 Å². The maximum absolute atomic E-state index is 12.8. The Bertz CT molecular complexity index is 1030. The first kappa shape index (κ1) is 19.3. The molecular formula is C21H24N2O3S. The first-order valence-electron chi connectivity index (χ1n) is 8.95. The molecule has 3 aromatic rings. The molecule has 0 spiro atoms. The van der Waals surface area contributed by atoms with Gasteiger partial charge in [0, 0.05) is 19.2 Å². The summed E-state index contributed by atoms with van der Waals surface area (Å²) in [5, 5.41) is 0. The summed E-state index contributed by atoms with van der Waals surface area (Å²) < 4.78 is 14.1.